The average molecular weight is 687 g/mol. The molecule has 4 heteroatoms. The molecule has 4 nitrogen and oxygen atoms in total. The molecule has 250 valence electrons. The lowest BCUT2D eigenvalue weighted by Crippen LogP contribution is -1.98. The molecule has 0 atom stereocenters. The minimum Gasteiger partial charge on any atom is -0.228 e. The molecule has 9 aromatic carbocycles. The highest BCUT2D eigenvalue weighted by molar-refractivity contribution is 6.17. The van der Waals surface area contributed by atoms with Gasteiger partial charge in [-0.05, 0) is 73.4 Å². The number of para-hydroxylation sites is 2. The summed E-state index contributed by atoms with van der Waals surface area (Å²) in [5.74, 6) is 1.31. The smallest absolute Gasteiger partial charge is 0.160 e. The third-order valence-electron chi connectivity index (χ3n) is 10.6. The van der Waals surface area contributed by atoms with Crippen LogP contribution in [0.3, 0.4) is 0 Å². The molecule has 2 heterocycles. The zero-order valence-corrected chi connectivity index (χ0v) is 29.1. The van der Waals surface area contributed by atoms with E-state index < -0.39 is 0 Å². The van der Waals surface area contributed by atoms with Crippen LogP contribution in [0.5, 0.6) is 0 Å². The molecule has 0 saturated heterocycles. The van der Waals surface area contributed by atoms with Gasteiger partial charge in [-0.3, -0.25) is 0 Å². The normalized spacial score (nSPS) is 11.7. The Morgan fingerprint density at radius 2 is 0.630 bits per heavy atom. The van der Waals surface area contributed by atoms with Gasteiger partial charge in [-0.15, -0.1) is 0 Å². The molecule has 0 radical (unpaired) electrons. The van der Waals surface area contributed by atoms with E-state index in [1.807, 2.05) is 12.1 Å². The molecule has 0 aliphatic heterocycles. The Labute approximate surface area is 311 Å². The van der Waals surface area contributed by atoms with Gasteiger partial charge in [-0.2, -0.15) is 0 Å². The summed E-state index contributed by atoms with van der Waals surface area (Å²) >= 11 is 0. The zero-order chi connectivity index (χ0) is 35.6. The minimum atomic E-state index is 0.657. The standard InChI is InChI=1S/C50H30N4/c1-3-18-35-31(14-1)29-43(39-22-7-5-20-37(35)39)47-41-24-9-11-26-45(41)51-49(53-47)33-16-13-17-34(28-33)50-52-46-27-12-10-25-42(46)48(54-50)44-30-32-15-2-4-19-36(32)38-21-6-8-23-40(38)44/h1-30H. The third kappa shape index (κ3) is 4.85. The largest absolute Gasteiger partial charge is 0.228 e. The fourth-order valence-corrected chi connectivity index (χ4v) is 8.12. The van der Waals surface area contributed by atoms with Crippen molar-refractivity contribution < 1.29 is 0 Å². The van der Waals surface area contributed by atoms with E-state index in [1.54, 1.807) is 0 Å². The molecule has 11 rings (SSSR count). The third-order valence-corrected chi connectivity index (χ3v) is 10.6. The molecule has 54 heavy (non-hydrogen) atoms. The quantitative estimate of drug-likeness (QED) is 0.173. The van der Waals surface area contributed by atoms with E-state index in [0.29, 0.717) is 11.6 Å². The monoisotopic (exact) mass is 686 g/mol. The number of fused-ring (bicyclic) bond motifs is 8. The Morgan fingerprint density at radius 3 is 1.09 bits per heavy atom. The molecule has 0 spiro atoms. The molecule has 0 amide bonds. The highest BCUT2D eigenvalue weighted by Crippen LogP contribution is 2.40. The van der Waals surface area contributed by atoms with E-state index in [2.05, 4.69) is 170 Å². The van der Waals surface area contributed by atoms with Gasteiger partial charge in [0.15, 0.2) is 11.6 Å². The molecule has 0 fully saturated rings. The van der Waals surface area contributed by atoms with Gasteiger partial charge in [-0.25, -0.2) is 19.9 Å². The number of rotatable bonds is 4. The van der Waals surface area contributed by atoms with Gasteiger partial charge in [0.05, 0.1) is 22.4 Å². The van der Waals surface area contributed by atoms with Crippen molar-refractivity contribution >= 4 is 64.9 Å². The van der Waals surface area contributed by atoms with E-state index in [1.165, 1.54) is 32.3 Å². The maximum Gasteiger partial charge on any atom is 0.160 e. The lowest BCUT2D eigenvalue weighted by molar-refractivity contribution is 1.22. The molecule has 11 aromatic rings. The van der Waals surface area contributed by atoms with E-state index in [4.69, 9.17) is 19.9 Å². The fraction of sp³-hybridized carbons (Fsp3) is 0. The fourth-order valence-electron chi connectivity index (χ4n) is 8.12. The van der Waals surface area contributed by atoms with Crippen LogP contribution in [0, 0.1) is 0 Å². The maximum absolute atomic E-state index is 5.36. The van der Waals surface area contributed by atoms with Crippen LogP contribution in [-0.2, 0) is 0 Å². The summed E-state index contributed by atoms with van der Waals surface area (Å²) in [6.07, 6.45) is 0. The second-order valence-electron chi connectivity index (χ2n) is 13.8. The van der Waals surface area contributed by atoms with Crippen molar-refractivity contribution in [3.63, 3.8) is 0 Å². The van der Waals surface area contributed by atoms with Gasteiger partial charge in [0.1, 0.15) is 0 Å². The molecular formula is C50H30N4. The van der Waals surface area contributed by atoms with Gasteiger partial charge < -0.3 is 0 Å². The van der Waals surface area contributed by atoms with E-state index in [9.17, 15) is 0 Å². The van der Waals surface area contributed by atoms with Crippen LogP contribution < -0.4 is 0 Å². The van der Waals surface area contributed by atoms with Crippen molar-refractivity contribution in [2.45, 2.75) is 0 Å². The summed E-state index contributed by atoms with van der Waals surface area (Å²) in [4.78, 5) is 21.0. The number of hydrogen-bond acceptors (Lipinski definition) is 4. The SMILES string of the molecule is c1cc(-c2nc(-c3cc4ccccc4c4ccccc34)c3ccccc3n2)cc(-c2nc(-c3cc4ccccc4c4ccccc34)c3ccccc3n2)c1. The summed E-state index contributed by atoms with van der Waals surface area (Å²) in [5, 5.41) is 11.6. The Kier molecular flexibility index (Phi) is 6.82. The van der Waals surface area contributed by atoms with Crippen molar-refractivity contribution in [3.8, 4) is 45.3 Å². The summed E-state index contributed by atoms with van der Waals surface area (Å²) in [6.45, 7) is 0. The van der Waals surface area contributed by atoms with Crippen molar-refractivity contribution in [1.82, 2.24) is 19.9 Å². The van der Waals surface area contributed by atoms with Crippen molar-refractivity contribution in [3.05, 3.63) is 182 Å². The topological polar surface area (TPSA) is 51.6 Å². The zero-order valence-electron chi connectivity index (χ0n) is 29.1. The lowest BCUT2D eigenvalue weighted by Gasteiger charge is -2.15. The number of hydrogen-bond donors (Lipinski definition) is 0. The Morgan fingerprint density at radius 1 is 0.259 bits per heavy atom. The maximum atomic E-state index is 5.36. The predicted molar refractivity (Wildman–Crippen MR) is 224 cm³/mol. The molecule has 0 N–H and O–H groups in total. The van der Waals surface area contributed by atoms with Crippen LogP contribution in [0.25, 0.3) is 110 Å². The first-order chi connectivity index (χ1) is 26.8. The molecule has 0 saturated carbocycles. The van der Waals surface area contributed by atoms with Crippen LogP contribution in [0.4, 0.5) is 0 Å². The van der Waals surface area contributed by atoms with Gasteiger partial charge >= 0.3 is 0 Å². The summed E-state index contributed by atoms with van der Waals surface area (Å²) in [7, 11) is 0. The summed E-state index contributed by atoms with van der Waals surface area (Å²) in [6, 6.07) is 63.8. The average Bonchev–Trinajstić information content (AvgIpc) is 3.25. The van der Waals surface area contributed by atoms with Gasteiger partial charge in [0, 0.05) is 33.0 Å². The Hall–Kier alpha value is -7.30. The highest BCUT2D eigenvalue weighted by Gasteiger charge is 2.18. The first-order valence-electron chi connectivity index (χ1n) is 18.2. The summed E-state index contributed by atoms with van der Waals surface area (Å²) in [5.41, 5.74) is 7.60. The molecule has 0 unspecified atom stereocenters. The van der Waals surface area contributed by atoms with Crippen LogP contribution in [0.15, 0.2) is 182 Å². The van der Waals surface area contributed by atoms with Crippen LogP contribution in [0.2, 0.25) is 0 Å². The Balaban J connectivity index is 1.11. The van der Waals surface area contributed by atoms with E-state index in [-0.39, 0.29) is 0 Å². The van der Waals surface area contributed by atoms with Crippen LogP contribution in [0.1, 0.15) is 0 Å². The van der Waals surface area contributed by atoms with Gasteiger partial charge in [-0.1, -0.05) is 152 Å². The molecule has 2 aromatic heterocycles. The number of aromatic nitrogens is 4. The molecule has 0 aliphatic rings. The van der Waals surface area contributed by atoms with E-state index >= 15 is 0 Å². The number of nitrogens with zero attached hydrogens (tertiary/aromatic N) is 4. The van der Waals surface area contributed by atoms with E-state index in [0.717, 1.165) is 66.2 Å². The van der Waals surface area contributed by atoms with Crippen LogP contribution in [-0.4, -0.2) is 19.9 Å². The second-order valence-corrected chi connectivity index (χ2v) is 13.8. The van der Waals surface area contributed by atoms with Crippen molar-refractivity contribution in [2.75, 3.05) is 0 Å². The number of benzene rings is 9. The van der Waals surface area contributed by atoms with Crippen molar-refractivity contribution in [1.29, 1.82) is 0 Å². The molecule has 0 bridgehead atoms. The lowest BCUT2D eigenvalue weighted by atomic mass is 9.94. The van der Waals surface area contributed by atoms with Gasteiger partial charge in [0.25, 0.3) is 0 Å². The second kappa shape index (κ2) is 12.1. The van der Waals surface area contributed by atoms with Crippen molar-refractivity contribution in [2.24, 2.45) is 0 Å². The predicted octanol–water partition coefficient (Wildman–Crippen LogP) is 12.9. The first kappa shape index (κ1) is 30.3. The van der Waals surface area contributed by atoms with Gasteiger partial charge in [0.2, 0.25) is 0 Å². The van der Waals surface area contributed by atoms with Crippen LogP contribution >= 0.6 is 0 Å². The minimum absolute atomic E-state index is 0.657. The molecular weight excluding hydrogens is 657 g/mol. The summed E-state index contributed by atoms with van der Waals surface area (Å²) < 4.78 is 0. The molecule has 0 aliphatic carbocycles. The first-order valence-corrected chi connectivity index (χ1v) is 18.2. The Bertz CT molecular complexity index is 3080. The highest BCUT2D eigenvalue weighted by atomic mass is 14.9.